The molecule has 10 heteroatoms. The lowest BCUT2D eigenvalue weighted by Crippen LogP contribution is -2.33. The van der Waals surface area contributed by atoms with Crippen LogP contribution in [0, 0.1) is 5.82 Å². The van der Waals surface area contributed by atoms with Gasteiger partial charge in [-0.05, 0) is 41.3 Å². The molecule has 38 heavy (non-hydrogen) atoms. The van der Waals surface area contributed by atoms with Crippen LogP contribution in [0.5, 0.6) is 0 Å². The van der Waals surface area contributed by atoms with Crippen LogP contribution in [0.3, 0.4) is 0 Å². The maximum absolute atomic E-state index is 13.9. The molecule has 1 aliphatic rings. The van der Waals surface area contributed by atoms with E-state index in [4.69, 9.17) is 4.74 Å². The van der Waals surface area contributed by atoms with Gasteiger partial charge in [-0.25, -0.2) is 17.5 Å². The number of esters is 1. The van der Waals surface area contributed by atoms with Crippen LogP contribution in [0.4, 0.5) is 4.39 Å². The van der Waals surface area contributed by atoms with Gasteiger partial charge in [-0.3, -0.25) is 4.79 Å². The van der Waals surface area contributed by atoms with E-state index in [0.717, 1.165) is 5.69 Å². The van der Waals surface area contributed by atoms with Crippen molar-refractivity contribution < 1.29 is 32.6 Å². The minimum absolute atomic E-state index is 0.0353. The lowest BCUT2D eigenvalue weighted by Gasteiger charge is -2.27. The number of sulfonamides is 1. The Kier molecular flexibility index (Phi) is 8.67. The Morgan fingerprint density at radius 3 is 2.39 bits per heavy atom. The standard InChI is InChI=1S/C28H33FN2O6S/c1-18(2)26-25(19-6-4-3-5-7-19)28(38(35,36)30-13-15-32)27(20-8-10-21(29)11-9-20)31(26)14-12-23-16-22(33)17-24(34)37-23/h3-11,18,22-23,30,32-33H,12-17H2,1-2H3. The minimum atomic E-state index is -4.14. The van der Waals surface area contributed by atoms with E-state index in [1.54, 1.807) is 0 Å². The molecular formula is C28H33FN2O6S. The Hall–Kier alpha value is -3.05. The second-order valence-electron chi connectivity index (χ2n) is 9.73. The number of hydrogen-bond donors (Lipinski definition) is 3. The first-order valence-electron chi connectivity index (χ1n) is 12.7. The molecule has 0 bridgehead atoms. The number of nitrogens with one attached hydrogen (secondary N) is 1. The maximum atomic E-state index is 13.9. The molecule has 2 atom stereocenters. The summed E-state index contributed by atoms with van der Waals surface area (Å²) < 4.78 is 51.4. The number of rotatable bonds is 10. The van der Waals surface area contributed by atoms with Crippen LogP contribution in [-0.4, -0.2) is 54.5 Å². The first-order chi connectivity index (χ1) is 18.1. The Balaban J connectivity index is 1.98. The minimum Gasteiger partial charge on any atom is -0.462 e. The third-order valence-electron chi connectivity index (χ3n) is 6.57. The van der Waals surface area contributed by atoms with Gasteiger partial charge in [0, 0.05) is 37.2 Å². The molecule has 4 rings (SSSR count). The van der Waals surface area contributed by atoms with E-state index in [9.17, 15) is 27.8 Å². The fraction of sp³-hybridized carbons (Fsp3) is 0.393. The Labute approximate surface area is 222 Å². The molecule has 1 fully saturated rings. The molecule has 2 aromatic carbocycles. The van der Waals surface area contributed by atoms with E-state index in [1.807, 2.05) is 48.7 Å². The molecule has 0 spiro atoms. The number of carbonyl (C=O) groups excluding carboxylic acids is 1. The number of cyclic esters (lactones) is 1. The summed E-state index contributed by atoms with van der Waals surface area (Å²) in [5, 5.41) is 19.4. The molecule has 2 unspecified atom stereocenters. The van der Waals surface area contributed by atoms with Gasteiger partial charge in [0.2, 0.25) is 10.0 Å². The molecule has 1 saturated heterocycles. The molecular weight excluding hydrogens is 511 g/mol. The van der Waals surface area contributed by atoms with Crippen LogP contribution in [0.25, 0.3) is 22.4 Å². The largest absolute Gasteiger partial charge is 0.462 e. The average Bonchev–Trinajstić information content (AvgIpc) is 3.23. The number of aliphatic hydroxyl groups is 2. The van der Waals surface area contributed by atoms with Gasteiger partial charge in [0.15, 0.2) is 0 Å². The number of halogens is 1. The van der Waals surface area contributed by atoms with Crippen LogP contribution >= 0.6 is 0 Å². The zero-order valence-corrected chi connectivity index (χ0v) is 22.2. The summed E-state index contributed by atoms with van der Waals surface area (Å²) in [6.45, 7) is 3.68. The first kappa shape index (κ1) is 28.0. The van der Waals surface area contributed by atoms with Crippen LogP contribution in [0.2, 0.25) is 0 Å². The highest BCUT2D eigenvalue weighted by Gasteiger charge is 2.34. The number of carbonyl (C=O) groups is 1. The number of benzene rings is 2. The number of ether oxygens (including phenoxy) is 1. The van der Waals surface area contributed by atoms with Gasteiger partial charge < -0.3 is 19.5 Å². The summed E-state index contributed by atoms with van der Waals surface area (Å²) >= 11 is 0. The fourth-order valence-corrected chi connectivity index (χ4v) is 6.53. The van der Waals surface area contributed by atoms with E-state index in [-0.39, 0.29) is 30.4 Å². The van der Waals surface area contributed by atoms with Gasteiger partial charge in [-0.2, -0.15) is 0 Å². The SMILES string of the molecule is CC(C)c1c(-c2ccccc2)c(S(=O)(=O)NCCO)c(-c2ccc(F)cc2)n1CCC1CC(O)CC(=O)O1. The monoisotopic (exact) mass is 544 g/mol. The second-order valence-corrected chi connectivity index (χ2v) is 11.4. The second kappa shape index (κ2) is 11.8. The zero-order valence-electron chi connectivity index (χ0n) is 21.4. The normalized spacial score (nSPS) is 18.1. The van der Waals surface area contributed by atoms with Gasteiger partial charge >= 0.3 is 5.97 Å². The Morgan fingerprint density at radius 2 is 1.79 bits per heavy atom. The highest BCUT2D eigenvalue weighted by molar-refractivity contribution is 7.89. The van der Waals surface area contributed by atoms with Crippen molar-refractivity contribution in [3.05, 3.63) is 66.1 Å². The summed E-state index contributed by atoms with van der Waals surface area (Å²) in [6.07, 6.45) is -0.712. The molecule has 3 N–H and O–H groups in total. The topological polar surface area (TPSA) is 118 Å². The average molecular weight is 545 g/mol. The molecule has 204 valence electrons. The van der Waals surface area contributed by atoms with Crippen molar-refractivity contribution in [2.45, 2.75) is 62.7 Å². The first-order valence-corrected chi connectivity index (χ1v) is 14.2. The molecule has 0 amide bonds. The molecule has 1 aromatic heterocycles. The van der Waals surface area contributed by atoms with Crippen molar-refractivity contribution >= 4 is 16.0 Å². The Morgan fingerprint density at radius 1 is 1.11 bits per heavy atom. The zero-order chi connectivity index (χ0) is 27.4. The van der Waals surface area contributed by atoms with Crippen molar-refractivity contribution in [2.24, 2.45) is 0 Å². The smallest absolute Gasteiger partial charge is 0.308 e. The fourth-order valence-electron chi connectivity index (χ4n) is 5.05. The van der Waals surface area contributed by atoms with Crippen molar-refractivity contribution in [1.82, 2.24) is 9.29 Å². The van der Waals surface area contributed by atoms with E-state index in [0.29, 0.717) is 41.8 Å². The van der Waals surface area contributed by atoms with Crippen molar-refractivity contribution in [2.75, 3.05) is 13.2 Å². The summed E-state index contributed by atoms with van der Waals surface area (Å²) in [7, 11) is -4.14. The number of aromatic nitrogens is 1. The number of hydrogen-bond acceptors (Lipinski definition) is 6. The number of nitrogens with zero attached hydrogens (tertiary/aromatic N) is 1. The quantitative estimate of drug-likeness (QED) is 0.334. The van der Waals surface area contributed by atoms with Crippen molar-refractivity contribution in [1.29, 1.82) is 0 Å². The lowest BCUT2D eigenvalue weighted by atomic mass is 9.99. The molecule has 1 aliphatic heterocycles. The van der Waals surface area contributed by atoms with Crippen LogP contribution in [0.15, 0.2) is 59.5 Å². The van der Waals surface area contributed by atoms with E-state index < -0.39 is 34.0 Å². The third kappa shape index (κ3) is 5.99. The van der Waals surface area contributed by atoms with E-state index in [2.05, 4.69) is 4.72 Å². The summed E-state index contributed by atoms with van der Waals surface area (Å²) in [5.41, 5.74) is 2.84. The molecule has 2 heterocycles. The van der Waals surface area contributed by atoms with Crippen LogP contribution in [-0.2, 0) is 26.1 Å². The summed E-state index contributed by atoms with van der Waals surface area (Å²) in [5.74, 6) is -1.04. The summed E-state index contributed by atoms with van der Waals surface area (Å²) in [4.78, 5) is 12.0. The van der Waals surface area contributed by atoms with E-state index >= 15 is 0 Å². The third-order valence-corrected chi connectivity index (χ3v) is 8.09. The van der Waals surface area contributed by atoms with Gasteiger partial charge in [0.25, 0.3) is 0 Å². The molecule has 3 aromatic rings. The van der Waals surface area contributed by atoms with Crippen molar-refractivity contribution in [3.63, 3.8) is 0 Å². The van der Waals surface area contributed by atoms with Gasteiger partial charge in [-0.15, -0.1) is 0 Å². The predicted molar refractivity (Wildman–Crippen MR) is 141 cm³/mol. The van der Waals surface area contributed by atoms with Gasteiger partial charge in [-0.1, -0.05) is 44.2 Å². The van der Waals surface area contributed by atoms with Crippen LogP contribution in [0.1, 0.15) is 44.7 Å². The highest BCUT2D eigenvalue weighted by atomic mass is 32.2. The maximum Gasteiger partial charge on any atom is 0.308 e. The van der Waals surface area contributed by atoms with Gasteiger partial charge in [0.05, 0.1) is 24.8 Å². The molecule has 8 nitrogen and oxygen atoms in total. The lowest BCUT2D eigenvalue weighted by molar-refractivity contribution is -0.160. The molecule has 0 aliphatic carbocycles. The highest BCUT2D eigenvalue weighted by Crippen LogP contribution is 2.44. The van der Waals surface area contributed by atoms with E-state index in [1.165, 1.54) is 24.3 Å². The van der Waals surface area contributed by atoms with Gasteiger partial charge in [0.1, 0.15) is 16.8 Å². The Bertz CT molecular complexity index is 1370. The predicted octanol–water partition coefficient (Wildman–Crippen LogP) is 3.81. The molecule has 0 radical (unpaired) electrons. The summed E-state index contributed by atoms with van der Waals surface area (Å²) in [6, 6.07) is 14.8. The van der Waals surface area contributed by atoms with Crippen molar-refractivity contribution in [3.8, 4) is 22.4 Å². The molecule has 0 saturated carbocycles. The van der Waals surface area contributed by atoms with Crippen LogP contribution < -0.4 is 4.72 Å². The number of aliphatic hydroxyl groups excluding tert-OH is 2.